The Bertz CT molecular complexity index is 1860. The summed E-state index contributed by atoms with van der Waals surface area (Å²) in [5, 5.41) is 11.2. The molecule has 4 nitrogen and oxygen atoms in total. The van der Waals surface area contributed by atoms with Gasteiger partial charge in [0.1, 0.15) is 11.6 Å². The van der Waals surface area contributed by atoms with Gasteiger partial charge in [0.2, 0.25) is 0 Å². The van der Waals surface area contributed by atoms with Crippen molar-refractivity contribution in [3.8, 4) is 5.75 Å². The summed E-state index contributed by atoms with van der Waals surface area (Å²) in [6.45, 7) is 12.5. The molecule has 1 aliphatic heterocycles. The Hall–Kier alpha value is -3.77. The van der Waals surface area contributed by atoms with Crippen molar-refractivity contribution in [1.82, 2.24) is 4.57 Å². The zero-order valence-electron chi connectivity index (χ0n) is 24.4. The number of benzene rings is 3. The molecule has 210 valence electrons. The van der Waals surface area contributed by atoms with E-state index in [1.54, 1.807) is 16.7 Å². The maximum Gasteiger partial charge on any atom is 0.271 e. The molecule has 1 aromatic heterocycles. The van der Waals surface area contributed by atoms with Crippen LogP contribution in [0.4, 0.5) is 4.39 Å². The van der Waals surface area contributed by atoms with Crippen LogP contribution in [0.3, 0.4) is 0 Å². The molecule has 0 unspecified atom stereocenters. The van der Waals surface area contributed by atoms with Gasteiger partial charge in [-0.1, -0.05) is 89.3 Å². The van der Waals surface area contributed by atoms with Gasteiger partial charge >= 0.3 is 0 Å². The van der Waals surface area contributed by atoms with Gasteiger partial charge in [0.25, 0.3) is 5.56 Å². The molecule has 6 rings (SSSR count). The van der Waals surface area contributed by atoms with Gasteiger partial charge in [0.15, 0.2) is 4.80 Å². The highest BCUT2D eigenvalue weighted by Gasteiger charge is 2.33. The summed E-state index contributed by atoms with van der Waals surface area (Å²) >= 11 is 1.38. The molecule has 0 spiro atoms. The number of phenols is 1. The van der Waals surface area contributed by atoms with Crippen LogP contribution in [0.5, 0.6) is 5.75 Å². The number of aryl methyl sites for hydroxylation is 1. The molecule has 0 amide bonds. The number of hydrogen-bond acceptors (Lipinski definition) is 4. The quantitative estimate of drug-likeness (QED) is 0.292. The summed E-state index contributed by atoms with van der Waals surface area (Å²) in [5.74, 6) is 0.00671. The standard InChI is InChI=1S/C35H35FN2O2S/c1-34(2,3)26-17-20(18-27(31(26)39)35(4,5)6)19-28-32(40)38-30(22-11-14-23(36)15-12-22)25-16-13-21-9-7-8-10-24(21)29(25)37-33(38)41-28/h7-12,14-15,17-19,30,39H,13,16H2,1-6H3/b28-19-/t30-/m0/s1. The predicted molar refractivity (Wildman–Crippen MR) is 165 cm³/mol. The second-order valence-electron chi connectivity index (χ2n) is 13.1. The number of phenolic OH excluding ortho intramolecular Hbond substituents is 1. The predicted octanol–water partition coefficient (Wildman–Crippen LogP) is 6.76. The van der Waals surface area contributed by atoms with Gasteiger partial charge in [-0.3, -0.25) is 9.36 Å². The van der Waals surface area contributed by atoms with Gasteiger partial charge in [-0.05, 0) is 76.3 Å². The number of thiazole rings is 1. The lowest BCUT2D eigenvalue weighted by atomic mass is 9.78. The van der Waals surface area contributed by atoms with Crippen LogP contribution in [0.1, 0.15) is 87.4 Å². The molecule has 1 N–H and O–H groups in total. The fourth-order valence-electron chi connectivity index (χ4n) is 6.00. The van der Waals surface area contributed by atoms with E-state index in [1.807, 2.05) is 30.3 Å². The third-order valence-electron chi connectivity index (χ3n) is 8.10. The minimum atomic E-state index is -0.354. The van der Waals surface area contributed by atoms with Crippen LogP contribution in [0.15, 0.2) is 76.0 Å². The molecule has 2 heterocycles. The monoisotopic (exact) mass is 566 g/mol. The van der Waals surface area contributed by atoms with E-state index < -0.39 is 0 Å². The molecule has 4 aromatic rings. The van der Waals surface area contributed by atoms with E-state index in [0.29, 0.717) is 15.1 Å². The summed E-state index contributed by atoms with van der Waals surface area (Å²) in [4.78, 5) is 19.9. The smallest absolute Gasteiger partial charge is 0.271 e. The van der Waals surface area contributed by atoms with Crippen molar-refractivity contribution in [2.75, 3.05) is 0 Å². The van der Waals surface area contributed by atoms with Crippen LogP contribution in [0, 0.1) is 5.82 Å². The summed E-state index contributed by atoms with van der Waals surface area (Å²) in [5.41, 5.74) is 7.12. The van der Waals surface area contributed by atoms with Crippen molar-refractivity contribution >= 4 is 23.1 Å². The fraction of sp³-hybridized carbons (Fsp3) is 0.314. The fourth-order valence-corrected chi connectivity index (χ4v) is 7.00. The molecule has 1 atom stereocenters. The molecular weight excluding hydrogens is 531 g/mol. The molecule has 0 saturated heterocycles. The highest BCUT2D eigenvalue weighted by molar-refractivity contribution is 7.07. The number of nitrogens with zero attached hydrogens (tertiary/aromatic N) is 2. The van der Waals surface area contributed by atoms with Crippen molar-refractivity contribution in [3.05, 3.63) is 125 Å². The van der Waals surface area contributed by atoms with Crippen LogP contribution in [0.25, 0.3) is 11.8 Å². The van der Waals surface area contributed by atoms with E-state index in [2.05, 4.69) is 53.7 Å². The first-order chi connectivity index (χ1) is 19.3. The number of aromatic hydroxyl groups is 1. The average molecular weight is 567 g/mol. The Morgan fingerprint density at radius 1 is 0.951 bits per heavy atom. The third-order valence-corrected chi connectivity index (χ3v) is 9.09. The van der Waals surface area contributed by atoms with Gasteiger partial charge in [0.05, 0.1) is 16.3 Å². The van der Waals surface area contributed by atoms with Crippen molar-refractivity contribution < 1.29 is 9.50 Å². The lowest BCUT2D eigenvalue weighted by molar-refractivity contribution is 0.423. The van der Waals surface area contributed by atoms with Crippen LogP contribution in [-0.4, -0.2) is 9.67 Å². The van der Waals surface area contributed by atoms with Gasteiger partial charge in [-0.2, -0.15) is 0 Å². The molecule has 0 bridgehead atoms. The van der Waals surface area contributed by atoms with E-state index in [1.165, 1.54) is 29.0 Å². The maximum absolute atomic E-state index is 14.2. The summed E-state index contributed by atoms with van der Waals surface area (Å²) in [6.07, 6.45) is 3.57. The normalized spacial score (nSPS) is 17.1. The molecular formula is C35H35FN2O2S. The zero-order valence-corrected chi connectivity index (χ0v) is 25.2. The van der Waals surface area contributed by atoms with Gasteiger partial charge < -0.3 is 5.11 Å². The summed E-state index contributed by atoms with van der Waals surface area (Å²) in [7, 11) is 0. The van der Waals surface area contributed by atoms with Crippen molar-refractivity contribution in [1.29, 1.82) is 0 Å². The van der Waals surface area contributed by atoms with Gasteiger partial charge in [0, 0.05) is 16.7 Å². The highest BCUT2D eigenvalue weighted by atomic mass is 32.1. The molecule has 0 saturated carbocycles. The summed E-state index contributed by atoms with van der Waals surface area (Å²) < 4.78 is 16.3. The summed E-state index contributed by atoms with van der Waals surface area (Å²) in [6, 6.07) is 18.4. The van der Waals surface area contributed by atoms with Crippen LogP contribution >= 0.6 is 11.3 Å². The molecule has 2 aliphatic rings. The number of fused-ring (bicyclic) bond motifs is 3. The zero-order chi connectivity index (χ0) is 29.3. The topological polar surface area (TPSA) is 54.6 Å². The average Bonchev–Trinajstić information content (AvgIpc) is 3.22. The largest absolute Gasteiger partial charge is 0.507 e. The second kappa shape index (κ2) is 9.66. The number of hydrogen-bond donors (Lipinski definition) is 1. The number of aromatic nitrogens is 1. The minimum Gasteiger partial charge on any atom is -0.507 e. The number of halogens is 1. The van der Waals surface area contributed by atoms with E-state index in [4.69, 9.17) is 4.99 Å². The van der Waals surface area contributed by atoms with E-state index >= 15 is 0 Å². The van der Waals surface area contributed by atoms with Crippen LogP contribution in [0.2, 0.25) is 0 Å². The van der Waals surface area contributed by atoms with Crippen molar-refractivity contribution in [2.45, 2.75) is 71.3 Å². The Kier molecular flexibility index (Phi) is 6.46. The minimum absolute atomic E-state index is 0.115. The Balaban J connectivity index is 1.61. The number of rotatable bonds is 2. The van der Waals surface area contributed by atoms with Crippen molar-refractivity contribution in [3.63, 3.8) is 0 Å². The van der Waals surface area contributed by atoms with E-state index in [9.17, 15) is 14.3 Å². The molecule has 1 aliphatic carbocycles. The van der Waals surface area contributed by atoms with Gasteiger partial charge in [-0.25, -0.2) is 9.38 Å². The van der Waals surface area contributed by atoms with Gasteiger partial charge in [-0.15, -0.1) is 0 Å². The first-order valence-corrected chi connectivity index (χ1v) is 14.9. The molecule has 0 fully saturated rings. The Morgan fingerprint density at radius 2 is 1.59 bits per heavy atom. The van der Waals surface area contributed by atoms with Crippen molar-refractivity contribution in [2.24, 2.45) is 4.99 Å². The third kappa shape index (κ3) is 4.78. The first-order valence-electron chi connectivity index (χ1n) is 14.1. The molecule has 0 radical (unpaired) electrons. The van der Waals surface area contributed by atoms with Crippen LogP contribution < -0.4 is 14.9 Å². The molecule has 6 heteroatoms. The maximum atomic E-state index is 14.2. The lowest BCUT2D eigenvalue weighted by Gasteiger charge is -2.30. The number of allylic oxidation sites excluding steroid dienone is 1. The van der Waals surface area contributed by atoms with Crippen LogP contribution in [-0.2, 0) is 17.3 Å². The SMILES string of the molecule is CC(C)(C)c1cc(/C=c2\sc3n(c2=O)[C@@H](c2ccc(F)cc2)C2=C(N=3)c3ccccc3CC2)cc(C(C)(C)C)c1O. The first kappa shape index (κ1) is 27.4. The molecule has 3 aromatic carbocycles. The second-order valence-corrected chi connectivity index (χ2v) is 14.1. The highest BCUT2D eigenvalue weighted by Crippen LogP contribution is 2.42. The molecule has 41 heavy (non-hydrogen) atoms. The van der Waals surface area contributed by atoms with E-state index in [0.717, 1.165) is 51.9 Å². The lowest BCUT2D eigenvalue weighted by Crippen LogP contribution is -2.38. The Morgan fingerprint density at radius 3 is 2.22 bits per heavy atom. The Labute approximate surface area is 243 Å². The van der Waals surface area contributed by atoms with E-state index in [-0.39, 0.29) is 28.2 Å².